The van der Waals surface area contributed by atoms with E-state index in [-0.39, 0.29) is 5.60 Å². The minimum absolute atomic E-state index is 0.272. The summed E-state index contributed by atoms with van der Waals surface area (Å²) in [6, 6.07) is 10.8. The van der Waals surface area contributed by atoms with Gasteiger partial charge in [-0.05, 0) is 0 Å². The van der Waals surface area contributed by atoms with E-state index < -0.39 is 10.4 Å². The average molecular weight is 576 g/mol. The van der Waals surface area contributed by atoms with Crippen LogP contribution in [-0.2, 0) is 0 Å². The SMILES string of the molecule is [OH2+]C1(/C=[CH]\[Sn-]([I])([I])[c]2ccccc2)CCCCC1. The van der Waals surface area contributed by atoms with Crippen LogP contribution in [0.1, 0.15) is 32.1 Å². The van der Waals surface area contributed by atoms with E-state index in [0.29, 0.717) is 0 Å². The molecule has 1 aromatic rings. The first-order valence-electron chi connectivity index (χ1n) is 6.41. The molecule has 1 saturated carbocycles. The molecule has 2 rings (SSSR count). The molecular weight excluding hydrogens is 557 g/mol. The predicted octanol–water partition coefficient (Wildman–Crippen LogP) is 3.73. The van der Waals surface area contributed by atoms with Crippen LogP contribution in [-0.4, -0.2) is 21.1 Å². The van der Waals surface area contributed by atoms with Gasteiger partial charge in [-0.25, -0.2) is 0 Å². The van der Waals surface area contributed by atoms with Crippen molar-refractivity contribution < 1.29 is 5.11 Å². The molecule has 0 aromatic heterocycles. The normalized spacial score (nSPS) is 20.2. The Labute approximate surface area is 133 Å². The van der Waals surface area contributed by atoms with Gasteiger partial charge in [0.1, 0.15) is 0 Å². The van der Waals surface area contributed by atoms with E-state index in [4.69, 9.17) is 5.11 Å². The van der Waals surface area contributed by atoms with Gasteiger partial charge in [-0.1, -0.05) is 0 Å². The third-order valence-corrected chi connectivity index (χ3v) is 21.5. The Balaban J connectivity index is 2.12. The Kier molecular flexibility index (Phi) is 5.84. The number of halogens is 2. The fraction of sp³-hybridized carbons (Fsp3) is 0.429. The Hall–Kier alpha value is 1.18. The summed E-state index contributed by atoms with van der Waals surface area (Å²) in [6.07, 6.45) is 8.10. The molecule has 0 radical (unpaired) electrons. The summed E-state index contributed by atoms with van der Waals surface area (Å²) >= 11 is 5.34. The molecule has 0 saturated heterocycles. The van der Waals surface area contributed by atoms with E-state index in [2.05, 4.69) is 77.8 Å². The third-order valence-electron chi connectivity index (χ3n) is 3.52. The zero-order valence-electron chi connectivity index (χ0n) is 10.3. The van der Waals surface area contributed by atoms with Gasteiger partial charge in [0.15, 0.2) is 0 Å². The van der Waals surface area contributed by atoms with E-state index in [1.165, 1.54) is 22.8 Å². The second kappa shape index (κ2) is 6.76. The van der Waals surface area contributed by atoms with Crippen LogP contribution < -0.4 is 3.58 Å². The van der Waals surface area contributed by atoms with Crippen molar-refractivity contribution >= 4 is 51.3 Å². The van der Waals surface area contributed by atoms with Crippen molar-refractivity contribution in [3.63, 3.8) is 0 Å². The predicted molar refractivity (Wildman–Crippen MR) is 98.4 cm³/mol. The standard InChI is InChI=1S/C8H13O.C6H5.2HI.Sn/c1-2-8(9)6-4-3-5-7-8;1-2-4-6-5-3-1;;;/h1-2,9H,3-7H2;1-5H;2*1H;/q;;;;+1/p-1. The van der Waals surface area contributed by atoms with Gasteiger partial charge < -0.3 is 0 Å². The Bertz CT molecular complexity index is 411. The maximum absolute atomic E-state index is 8.50. The molecule has 0 aliphatic heterocycles. The van der Waals surface area contributed by atoms with Crippen LogP contribution in [0.3, 0.4) is 0 Å². The molecule has 1 aromatic carbocycles. The zero-order valence-corrected chi connectivity index (χ0v) is 17.5. The van der Waals surface area contributed by atoms with E-state index in [0.717, 1.165) is 12.8 Å². The number of hydrogen-bond acceptors (Lipinski definition) is 0. The molecular formula is C14H19I2OSn. The first-order chi connectivity index (χ1) is 8.52. The molecule has 99 valence electrons. The summed E-state index contributed by atoms with van der Waals surface area (Å²) in [5, 5.41) is 8.50. The zero-order chi connectivity index (χ0) is 13.1. The third kappa shape index (κ3) is 4.34. The molecule has 1 nitrogen and oxygen atoms in total. The second-order valence-electron chi connectivity index (χ2n) is 5.04. The average Bonchev–Trinajstić information content (AvgIpc) is 2.39. The van der Waals surface area contributed by atoms with Gasteiger partial charge in [0, 0.05) is 0 Å². The molecule has 2 N–H and O–H groups in total. The van der Waals surface area contributed by atoms with Crippen molar-refractivity contribution in [1.82, 2.24) is 0 Å². The van der Waals surface area contributed by atoms with Gasteiger partial charge in [-0.3, -0.25) is 0 Å². The number of hydrogen-bond donors (Lipinski definition) is 0. The number of rotatable bonds is 3. The van der Waals surface area contributed by atoms with Gasteiger partial charge in [0.25, 0.3) is 0 Å². The molecule has 0 unspecified atom stereocenters. The van der Waals surface area contributed by atoms with E-state index in [9.17, 15) is 0 Å². The van der Waals surface area contributed by atoms with Crippen LogP contribution in [0, 0.1) is 0 Å². The molecule has 0 atom stereocenters. The van der Waals surface area contributed by atoms with Crippen LogP contribution in [0.5, 0.6) is 0 Å². The summed E-state index contributed by atoms with van der Waals surface area (Å²) < 4.78 is 3.92. The molecule has 1 aliphatic rings. The van der Waals surface area contributed by atoms with Crippen molar-refractivity contribution in [3.05, 3.63) is 40.5 Å². The summed E-state index contributed by atoms with van der Waals surface area (Å²) in [6.45, 7) is 0. The van der Waals surface area contributed by atoms with Gasteiger partial charge in [-0.15, -0.1) is 0 Å². The number of benzene rings is 1. The summed E-state index contributed by atoms with van der Waals surface area (Å²) in [5.41, 5.74) is -0.272. The van der Waals surface area contributed by atoms with Crippen LogP contribution in [0.15, 0.2) is 40.5 Å². The summed E-state index contributed by atoms with van der Waals surface area (Å²) in [4.78, 5) is 0. The fourth-order valence-electron chi connectivity index (χ4n) is 2.37. The molecule has 4 heteroatoms. The molecule has 0 amide bonds. The van der Waals surface area contributed by atoms with Crippen LogP contribution in [0.4, 0.5) is 0 Å². The second-order valence-corrected chi connectivity index (χ2v) is 47.9. The molecule has 0 spiro atoms. The molecule has 0 bridgehead atoms. The molecule has 1 aliphatic carbocycles. The van der Waals surface area contributed by atoms with Gasteiger partial charge in [0.2, 0.25) is 0 Å². The van der Waals surface area contributed by atoms with Gasteiger partial charge in [-0.2, -0.15) is 0 Å². The van der Waals surface area contributed by atoms with Crippen LogP contribution in [0.25, 0.3) is 0 Å². The quantitative estimate of drug-likeness (QED) is 0.298. The fourth-order valence-corrected chi connectivity index (χ4v) is 13.5. The minimum atomic E-state index is -2.36. The van der Waals surface area contributed by atoms with Crippen molar-refractivity contribution in [1.29, 1.82) is 0 Å². The monoisotopic (exact) mass is 577 g/mol. The molecule has 18 heavy (non-hydrogen) atoms. The van der Waals surface area contributed by atoms with Gasteiger partial charge in [0.05, 0.1) is 0 Å². The Morgan fingerprint density at radius 1 is 1.06 bits per heavy atom. The first kappa shape index (κ1) is 15.6. The first-order valence-corrected chi connectivity index (χ1v) is 26.1. The van der Waals surface area contributed by atoms with E-state index in [1.54, 1.807) is 0 Å². The van der Waals surface area contributed by atoms with E-state index in [1.807, 2.05) is 0 Å². The summed E-state index contributed by atoms with van der Waals surface area (Å²) in [7, 11) is -2.36. The van der Waals surface area contributed by atoms with Crippen LogP contribution in [0.2, 0.25) is 0 Å². The maximum atomic E-state index is 8.50. The van der Waals surface area contributed by atoms with Crippen molar-refractivity contribution in [2.75, 3.05) is 0 Å². The van der Waals surface area contributed by atoms with Crippen molar-refractivity contribution in [3.8, 4) is 0 Å². The topological polar surface area (TPSA) is 22.9 Å². The Morgan fingerprint density at radius 3 is 2.28 bits per heavy atom. The summed E-state index contributed by atoms with van der Waals surface area (Å²) in [5.74, 6) is 0. The van der Waals surface area contributed by atoms with Crippen molar-refractivity contribution in [2.45, 2.75) is 37.7 Å². The van der Waals surface area contributed by atoms with Crippen LogP contribution >= 0.6 is 37.3 Å². The van der Waals surface area contributed by atoms with Crippen molar-refractivity contribution in [2.24, 2.45) is 0 Å². The molecule has 1 fully saturated rings. The van der Waals surface area contributed by atoms with Gasteiger partial charge >= 0.3 is 135 Å². The molecule has 0 heterocycles. The Morgan fingerprint density at radius 2 is 1.67 bits per heavy atom. The van der Waals surface area contributed by atoms with E-state index >= 15 is 0 Å².